The molecule has 4 rings (SSSR count). The highest BCUT2D eigenvalue weighted by Crippen LogP contribution is 2.31. The first-order valence-corrected chi connectivity index (χ1v) is 7.73. The largest absolute Gasteiger partial charge is 0.354 e. The Morgan fingerprint density at radius 2 is 2.10 bits per heavy atom. The van der Waals surface area contributed by atoms with E-state index in [2.05, 4.69) is 27.7 Å². The summed E-state index contributed by atoms with van der Waals surface area (Å²) in [5.41, 5.74) is 4.90. The third-order valence-corrected chi connectivity index (χ3v) is 4.43. The molecule has 1 aliphatic carbocycles. The molecule has 0 atom stereocenters. The third kappa shape index (κ3) is 1.80. The second-order valence-electron chi connectivity index (χ2n) is 5.71. The summed E-state index contributed by atoms with van der Waals surface area (Å²) in [4.78, 5) is 7.33. The number of nitrogens with one attached hydrogen (secondary N) is 1. The van der Waals surface area contributed by atoms with Gasteiger partial charge < -0.3 is 10.2 Å². The molecule has 1 fully saturated rings. The molecule has 0 radical (unpaired) electrons. The number of rotatable bonds is 2. The highest BCUT2D eigenvalue weighted by Gasteiger charge is 2.25. The molecule has 5 nitrogen and oxygen atoms in total. The fraction of sp³-hybridized carbons (Fsp3) is 0.600. The van der Waals surface area contributed by atoms with Crippen molar-refractivity contribution in [2.45, 2.75) is 32.6 Å². The molecule has 2 aromatic heterocycles. The van der Waals surface area contributed by atoms with Crippen molar-refractivity contribution in [1.29, 1.82) is 0 Å². The van der Waals surface area contributed by atoms with Crippen LogP contribution in [0.3, 0.4) is 0 Å². The van der Waals surface area contributed by atoms with Crippen molar-refractivity contribution >= 4 is 11.5 Å². The molecular formula is C15H21N5. The van der Waals surface area contributed by atoms with E-state index in [1.165, 1.54) is 23.5 Å². The highest BCUT2D eigenvalue weighted by molar-refractivity contribution is 5.59. The smallest absolute Gasteiger partial charge is 0.157 e. The average Bonchev–Trinajstić information content (AvgIpc) is 3.10. The standard InChI is InChI=1S/C15H21N5/c1-2-11-10-14-17-13-5-3-4-12(13)15(20(14)18-11)19-8-6-16-7-9-19/h10,16H,2-9H2,1H3. The van der Waals surface area contributed by atoms with E-state index in [-0.39, 0.29) is 0 Å². The van der Waals surface area contributed by atoms with E-state index in [4.69, 9.17) is 10.1 Å². The van der Waals surface area contributed by atoms with Gasteiger partial charge in [-0.25, -0.2) is 4.98 Å². The summed E-state index contributed by atoms with van der Waals surface area (Å²) in [6.07, 6.45) is 4.47. The summed E-state index contributed by atoms with van der Waals surface area (Å²) in [5, 5.41) is 8.21. The number of hydrogen-bond donors (Lipinski definition) is 1. The minimum atomic E-state index is 0.967. The predicted octanol–water partition coefficient (Wildman–Crippen LogP) is 1.19. The fourth-order valence-electron chi connectivity index (χ4n) is 3.39. The first kappa shape index (κ1) is 12.1. The predicted molar refractivity (Wildman–Crippen MR) is 79.5 cm³/mol. The first-order valence-electron chi connectivity index (χ1n) is 7.73. The average molecular weight is 271 g/mol. The van der Waals surface area contributed by atoms with Crippen LogP contribution in [-0.4, -0.2) is 40.8 Å². The molecule has 5 heteroatoms. The van der Waals surface area contributed by atoms with Crippen LogP contribution in [0.2, 0.25) is 0 Å². The Morgan fingerprint density at radius 3 is 2.90 bits per heavy atom. The maximum atomic E-state index is 4.84. The Morgan fingerprint density at radius 1 is 1.25 bits per heavy atom. The fourth-order valence-corrected chi connectivity index (χ4v) is 3.39. The van der Waals surface area contributed by atoms with Gasteiger partial charge in [-0.15, -0.1) is 0 Å². The molecule has 0 spiro atoms. The van der Waals surface area contributed by atoms with Gasteiger partial charge in [0.15, 0.2) is 5.65 Å². The van der Waals surface area contributed by atoms with Gasteiger partial charge in [0.2, 0.25) is 0 Å². The Labute approximate surface area is 119 Å². The molecule has 106 valence electrons. The lowest BCUT2D eigenvalue weighted by Gasteiger charge is -2.31. The summed E-state index contributed by atoms with van der Waals surface area (Å²) >= 11 is 0. The van der Waals surface area contributed by atoms with Crippen molar-refractivity contribution in [1.82, 2.24) is 19.9 Å². The molecule has 3 heterocycles. The SMILES string of the molecule is CCc1cc2nc3c(c(N4CCNCC4)n2n1)CCC3. The van der Waals surface area contributed by atoms with Gasteiger partial charge in [-0.05, 0) is 25.7 Å². The molecule has 20 heavy (non-hydrogen) atoms. The van der Waals surface area contributed by atoms with Crippen LogP contribution in [0.15, 0.2) is 6.07 Å². The van der Waals surface area contributed by atoms with Gasteiger partial charge in [-0.2, -0.15) is 9.61 Å². The second kappa shape index (κ2) is 4.74. The Kier molecular flexibility index (Phi) is 2.88. The number of aryl methyl sites for hydroxylation is 2. The van der Waals surface area contributed by atoms with E-state index in [1.807, 2.05) is 0 Å². The van der Waals surface area contributed by atoms with Crippen LogP contribution < -0.4 is 10.2 Å². The number of anilines is 1. The van der Waals surface area contributed by atoms with Gasteiger partial charge in [-0.1, -0.05) is 6.92 Å². The number of nitrogens with zero attached hydrogens (tertiary/aromatic N) is 4. The van der Waals surface area contributed by atoms with Crippen molar-refractivity contribution in [3.63, 3.8) is 0 Å². The van der Waals surface area contributed by atoms with Crippen LogP contribution in [-0.2, 0) is 19.3 Å². The van der Waals surface area contributed by atoms with Gasteiger partial charge >= 0.3 is 0 Å². The van der Waals surface area contributed by atoms with E-state index in [1.54, 1.807) is 0 Å². The van der Waals surface area contributed by atoms with Crippen LogP contribution in [0, 0.1) is 0 Å². The third-order valence-electron chi connectivity index (χ3n) is 4.43. The maximum absolute atomic E-state index is 4.84. The van der Waals surface area contributed by atoms with Crippen LogP contribution in [0.1, 0.15) is 30.3 Å². The Bertz CT molecular complexity index is 639. The van der Waals surface area contributed by atoms with Gasteiger partial charge in [0.1, 0.15) is 5.82 Å². The minimum absolute atomic E-state index is 0.967. The van der Waals surface area contributed by atoms with Crippen LogP contribution in [0.25, 0.3) is 5.65 Å². The second-order valence-corrected chi connectivity index (χ2v) is 5.71. The van der Waals surface area contributed by atoms with E-state index < -0.39 is 0 Å². The van der Waals surface area contributed by atoms with Crippen LogP contribution in [0.5, 0.6) is 0 Å². The normalized spacial score (nSPS) is 18.8. The molecule has 0 bridgehead atoms. The highest BCUT2D eigenvalue weighted by atomic mass is 15.4. The topological polar surface area (TPSA) is 45.5 Å². The molecule has 0 unspecified atom stereocenters. The Balaban J connectivity index is 1.92. The molecule has 0 amide bonds. The van der Waals surface area contributed by atoms with Crippen LogP contribution in [0.4, 0.5) is 5.82 Å². The summed E-state index contributed by atoms with van der Waals surface area (Å²) in [6.45, 7) is 6.39. The molecular weight excluding hydrogens is 250 g/mol. The lowest BCUT2D eigenvalue weighted by atomic mass is 10.2. The Hall–Kier alpha value is -1.62. The molecule has 1 N–H and O–H groups in total. The zero-order valence-electron chi connectivity index (χ0n) is 12.0. The first-order chi connectivity index (χ1) is 9.86. The summed E-state index contributed by atoms with van der Waals surface area (Å²) in [7, 11) is 0. The van der Waals surface area contributed by atoms with E-state index in [9.17, 15) is 0 Å². The monoisotopic (exact) mass is 271 g/mol. The van der Waals surface area contributed by atoms with Crippen molar-refractivity contribution in [3.8, 4) is 0 Å². The summed E-state index contributed by atoms with van der Waals surface area (Å²) < 4.78 is 2.09. The molecule has 0 saturated carbocycles. The van der Waals surface area contributed by atoms with Crippen molar-refractivity contribution < 1.29 is 0 Å². The maximum Gasteiger partial charge on any atom is 0.157 e. The lowest BCUT2D eigenvalue weighted by Crippen LogP contribution is -2.44. The zero-order valence-corrected chi connectivity index (χ0v) is 12.0. The van der Waals surface area contributed by atoms with E-state index >= 15 is 0 Å². The van der Waals surface area contributed by atoms with E-state index in [0.717, 1.165) is 56.8 Å². The van der Waals surface area contributed by atoms with Gasteiger partial charge in [-0.3, -0.25) is 0 Å². The number of aromatic nitrogens is 3. The lowest BCUT2D eigenvalue weighted by molar-refractivity contribution is 0.577. The van der Waals surface area contributed by atoms with Gasteiger partial charge in [0, 0.05) is 43.5 Å². The molecule has 2 aromatic rings. The minimum Gasteiger partial charge on any atom is -0.354 e. The van der Waals surface area contributed by atoms with Crippen molar-refractivity contribution in [3.05, 3.63) is 23.0 Å². The zero-order chi connectivity index (χ0) is 13.5. The van der Waals surface area contributed by atoms with E-state index in [0.29, 0.717) is 0 Å². The van der Waals surface area contributed by atoms with Gasteiger partial charge in [0.05, 0.1) is 5.69 Å². The molecule has 0 aromatic carbocycles. The van der Waals surface area contributed by atoms with Crippen molar-refractivity contribution in [2.24, 2.45) is 0 Å². The number of piperazine rings is 1. The number of hydrogen-bond acceptors (Lipinski definition) is 4. The molecule has 1 aliphatic heterocycles. The van der Waals surface area contributed by atoms with Crippen molar-refractivity contribution in [2.75, 3.05) is 31.1 Å². The number of fused-ring (bicyclic) bond motifs is 2. The quantitative estimate of drug-likeness (QED) is 0.891. The van der Waals surface area contributed by atoms with Gasteiger partial charge in [0.25, 0.3) is 0 Å². The summed E-state index contributed by atoms with van der Waals surface area (Å²) in [5.74, 6) is 1.31. The molecule has 1 saturated heterocycles. The summed E-state index contributed by atoms with van der Waals surface area (Å²) in [6, 6.07) is 2.14. The molecule has 2 aliphatic rings. The van der Waals surface area contributed by atoms with Crippen LogP contribution >= 0.6 is 0 Å².